The number of methoxy groups -OCH3 is 1. The topological polar surface area (TPSA) is 51.2 Å². The maximum absolute atomic E-state index is 11.0. The van der Waals surface area contributed by atoms with Crippen LogP contribution in [0.15, 0.2) is 6.07 Å². The van der Waals surface area contributed by atoms with Gasteiger partial charge in [0.15, 0.2) is 0 Å². The summed E-state index contributed by atoms with van der Waals surface area (Å²) in [5.74, 6) is 1.03. The van der Waals surface area contributed by atoms with E-state index in [-0.39, 0.29) is 5.91 Å². The number of hydrogen-bond donors (Lipinski definition) is 1. The standard InChI is InChI=1S/C8H7ClN2O2/c1-13-5-3-6(9)10-8-4(5)2-7(12)11-8/h3H,2H2,1H3,(H,10,11,12). The van der Waals surface area contributed by atoms with E-state index in [0.717, 1.165) is 5.56 Å². The maximum atomic E-state index is 11.0. The Labute approximate surface area is 79.9 Å². The summed E-state index contributed by atoms with van der Waals surface area (Å²) in [6.07, 6.45) is 0.308. The molecule has 0 aromatic carbocycles. The van der Waals surface area contributed by atoms with Crippen molar-refractivity contribution in [3.05, 3.63) is 16.8 Å². The van der Waals surface area contributed by atoms with Crippen LogP contribution in [0.2, 0.25) is 5.15 Å². The van der Waals surface area contributed by atoms with Crippen LogP contribution in [0.4, 0.5) is 5.82 Å². The molecule has 0 saturated heterocycles. The number of fused-ring (bicyclic) bond motifs is 1. The summed E-state index contributed by atoms with van der Waals surface area (Å²) < 4.78 is 5.07. The second-order valence-corrected chi connectivity index (χ2v) is 3.09. The van der Waals surface area contributed by atoms with Gasteiger partial charge in [0.2, 0.25) is 5.91 Å². The van der Waals surface area contributed by atoms with E-state index >= 15 is 0 Å². The third-order valence-electron chi connectivity index (χ3n) is 1.87. The Balaban J connectivity index is 2.56. The zero-order valence-corrected chi connectivity index (χ0v) is 7.68. The molecular weight excluding hydrogens is 192 g/mol. The zero-order valence-electron chi connectivity index (χ0n) is 6.93. The van der Waals surface area contributed by atoms with Gasteiger partial charge in [-0.25, -0.2) is 4.98 Å². The summed E-state index contributed by atoms with van der Waals surface area (Å²) in [6.45, 7) is 0. The number of nitrogens with one attached hydrogen (secondary N) is 1. The number of ether oxygens (including phenoxy) is 1. The molecule has 1 amide bonds. The molecule has 68 valence electrons. The van der Waals surface area contributed by atoms with E-state index in [0.29, 0.717) is 23.1 Å². The van der Waals surface area contributed by atoms with Gasteiger partial charge in [0.05, 0.1) is 13.5 Å². The minimum Gasteiger partial charge on any atom is -0.496 e. The van der Waals surface area contributed by atoms with Crippen molar-refractivity contribution in [3.63, 3.8) is 0 Å². The first-order chi connectivity index (χ1) is 6.20. The van der Waals surface area contributed by atoms with Crippen molar-refractivity contribution < 1.29 is 9.53 Å². The van der Waals surface area contributed by atoms with E-state index < -0.39 is 0 Å². The van der Waals surface area contributed by atoms with Gasteiger partial charge in [-0.1, -0.05) is 11.6 Å². The Morgan fingerprint density at radius 1 is 1.69 bits per heavy atom. The van der Waals surface area contributed by atoms with Gasteiger partial charge in [-0.2, -0.15) is 0 Å². The van der Waals surface area contributed by atoms with Crippen molar-refractivity contribution in [1.82, 2.24) is 4.98 Å². The average molecular weight is 199 g/mol. The third-order valence-corrected chi connectivity index (χ3v) is 2.06. The first kappa shape index (κ1) is 8.31. The van der Waals surface area contributed by atoms with Gasteiger partial charge in [-0.3, -0.25) is 4.79 Å². The highest BCUT2D eigenvalue weighted by atomic mass is 35.5. The Hall–Kier alpha value is -1.29. The number of anilines is 1. The van der Waals surface area contributed by atoms with Crippen LogP contribution in [0, 0.1) is 0 Å². The minimum absolute atomic E-state index is 0.0805. The molecule has 0 atom stereocenters. The van der Waals surface area contributed by atoms with Crippen LogP contribution < -0.4 is 10.1 Å². The van der Waals surface area contributed by atoms with Crippen molar-refractivity contribution in [1.29, 1.82) is 0 Å². The highest BCUT2D eigenvalue weighted by molar-refractivity contribution is 6.29. The van der Waals surface area contributed by atoms with Gasteiger partial charge < -0.3 is 10.1 Å². The predicted octanol–water partition coefficient (Wildman–Crippen LogP) is 1.24. The molecule has 0 aliphatic carbocycles. The molecule has 2 heterocycles. The van der Waals surface area contributed by atoms with Gasteiger partial charge >= 0.3 is 0 Å². The first-order valence-corrected chi connectivity index (χ1v) is 4.12. The number of hydrogen-bond acceptors (Lipinski definition) is 3. The Morgan fingerprint density at radius 3 is 3.15 bits per heavy atom. The molecule has 0 bridgehead atoms. The Bertz CT molecular complexity index is 379. The van der Waals surface area contributed by atoms with Crippen LogP contribution in [0.1, 0.15) is 5.56 Å². The van der Waals surface area contributed by atoms with E-state index in [2.05, 4.69) is 10.3 Å². The predicted molar refractivity (Wildman–Crippen MR) is 48.1 cm³/mol. The summed E-state index contributed by atoms with van der Waals surface area (Å²) in [5, 5.41) is 2.92. The molecule has 5 heteroatoms. The van der Waals surface area contributed by atoms with E-state index in [9.17, 15) is 4.79 Å². The van der Waals surface area contributed by atoms with E-state index in [1.807, 2.05) is 0 Å². The molecule has 0 radical (unpaired) electrons. The van der Waals surface area contributed by atoms with E-state index in [1.54, 1.807) is 6.07 Å². The molecule has 0 saturated carbocycles. The molecule has 0 spiro atoms. The lowest BCUT2D eigenvalue weighted by Gasteiger charge is -2.04. The van der Waals surface area contributed by atoms with Gasteiger partial charge in [-0.05, 0) is 0 Å². The fourth-order valence-electron chi connectivity index (χ4n) is 1.31. The number of carbonyl (C=O) groups excluding carboxylic acids is 1. The summed E-state index contributed by atoms with van der Waals surface area (Å²) in [4.78, 5) is 15.0. The quantitative estimate of drug-likeness (QED) is 0.691. The van der Waals surface area contributed by atoms with Crippen molar-refractivity contribution in [3.8, 4) is 5.75 Å². The normalized spacial score (nSPS) is 13.8. The largest absolute Gasteiger partial charge is 0.496 e. The number of carbonyl (C=O) groups is 1. The lowest BCUT2D eigenvalue weighted by Crippen LogP contribution is -2.04. The number of pyridine rings is 1. The molecule has 4 nitrogen and oxygen atoms in total. The second kappa shape index (κ2) is 2.88. The van der Waals surface area contributed by atoms with Crippen LogP contribution in [-0.2, 0) is 11.2 Å². The molecule has 1 aromatic heterocycles. The smallest absolute Gasteiger partial charge is 0.230 e. The van der Waals surface area contributed by atoms with Crippen LogP contribution >= 0.6 is 11.6 Å². The van der Waals surface area contributed by atoms with E-state index in [1.165, 1.54) is 7.11 Å². The summed E-state index contributed by atoms with van der Waals surface area (Å²) in [7, 11) is 1.54. The Kier molecular flexibility index (Phi) is 1.84. The zero-order chi connectivity index (χ0) is 9.42. The van der Waals surface area contributed by atoms with Crippen LogP contribution in [0.3, 0.4) is 0 Å². The van der Waals surface area contributed by atoms with E-state index in [4.69, 9.17) is 16.3 Å². The molecular formula is C8H7ClN2O2. The molecule has 2 rings (SSSR count). The van der Waals surface area contributed by atoms with Crippen LogP contribution in [0.25, 0.3) is 0 Å². The summed E-state index contributed by atoms with van der Waals surface area (Å²) in [5.41, 5.74) is 0.775. The highest BCUT2D eigenvalue weighted by Gasteiger charge is 2.23. The second-order valence-electron chi connectivity index (χ2n) is 2.70. The van der Waals surface area contributed by atoms with Gasteiger partial charge in [-0.15, -0.1) is 0 Å². The minimum atomic E-state index is -0.0805. The number of nitrogens with zero attached hydrogens (tertiary/aromatic N) is 1. The fourth-order valence-corrected chi connectivity index (χ4v) is 1.50. The molecule has 0 unspecified atom stereocenters. The SMILES string of the molecule is COc1cc(Cl)nc2c1CC(=O)N2. The number of halogens is 1. The van der Waals surface area contributed by atoms with Gasteiger partial charge in [0.1, 0.15) is 16.7 Å². The summed E-state index contributed by atoms with van der Waals surface area (Å²) in [6, 6.07) is 1.60. The number of amides is 1. The number of aromatic nitrogens is 1. The van der Waals surface area contributed by atoms with Gasteiger partial charge in [0.25, 0.3) is 0 Å². The fraction of sp³-hybridized carbons (Fsp3) is 0.250. The lowest BCUT2D eigenvalue weighted by molar-refractivity contribution is -0.115. The maximum Gasteiger partial charge on any atom is 0.230 e. The third kappa shape index (κ3) is 1.33. The van der Waals surface area contributed by atoms with Crippen LogP contribution in [0.5, 0.6) is 5.75 Å². The first-order valence-electron chi connectivity index (χ1n) is 3.74. The summed E-state index contributed by atoms with van der Waals surface area (Å²) >= 11 is 5.71. The molecule has 13 heavy (non-hydrogen) atoms. The van der Waals surface area contributed by atoms with Crippen molar-refractivity contribution in [2.75, 3.05) is 12.4 Å². The van der Waals surface area contributed by atoms with Crippen molar-refractivity contribution >= 4 is 23.3 Å². The van der Waals surface area contributed by atoms with Gasteiger partial charge in [0, 0.05) is 11.6 Å². The molecule has 1 aliphatic heterocycles. The average Bonchev–Trinajstić information content (AvgIpc) is 2.43. The Morgan fingerprint density at radius 2 is 2.46 bits per heavy atom. The van der Waals surface area contributed by atoms with Crippen molar-refractivity contribution in [2.45, 2.75) is 6.42 Å². The highest BCUT2D eigenvalue weighted by Crippen LogP contribution is 2.31. The molecule has 1 aliphatic rings. The lowest BCUT2D eigenvalue weighted by atomic mass is 10.2. The monoisotopic (exact) mass is 198 g/mol. The molecule has 1 N–H and O–H groups in total. The van der Waals surface area contributed by atoms with Crippen molar-refractivity contribution in [2.24, 2.45) is 0 Å². The molecule has 1 aromatic rings. The van der Waals surface area contributed by atoms with Crippen LogP contribution in [-0.4, -0.2) is 18.0 Å². The number of rotatable bonds is 1. The molecule has 0 fully saturated rings.